The molecule has 2 aliphatic rings. The lowest BCUT2D eigenvalue weighted by Gasteiger charge is -2.29. The Balaban J connectivity index is 0.000000109. The van der Waals surface area contributed by atoms with Crippen LogP contribution in [0.25, 0.3) is 44.9 Å². The van der Waals surface area contributed by atoms with Gasteiger partial charge in [-0.05, 0) is 74.4 Å². The van der Waals surface area contributed by atoms with Crippen LogP contribution in [0.5, 0.6) is 0 Å². The van der Waals surface area contributed by atoms with Gasteiger partial charge in [-0.3, -0.25) is 9.78 Å². The first-order chi connectivity index (χ1) is 22.0. The lowest BCUT2D eigenvalue weighted by atomic mass is 10.1. The molecule has 1 N–H and O–H groups in total. The van der Waals surface area contributed by atoms with Gasteiger partial charge in [0.25, 0.3) is 0 Å². The van der Waals surface area contributed by atoms with E-state index in [-0.39, 0.29) is 5.43 Å². The van der Waals surface area contributed by atoms with Crippen LogP contribution < -0.4 is 20.9 Å². The maximum Gasteiger partial charge on any atom is 0.196 e. The maximum atomic E-state index is 12.3. The largest absolute Gasteiger partial charge is 0.354 e. The molecule has 5 nitrogen and oxygen atoms in total. The van der Waals surface area contributed by atoms with Gasteiger partial charge in [0.15, 0.2) is 5.43 Å². The number of hydrogen-bond donors (Lipinski definition) is 1. The summed E-state index contributed by atoms with van der Waals surface area (Å²) in [5, 5.41) is 5.21. The van der Waals surface area contributed by atoms with E-state index in [1.54, 1.807) is 0 Å². The summed E-state index contributed by atoms with van der Waals surface area (Å²) >= 11 is 1.84. The molecular formula is C39H34N4OS. The minimum atomic E-state index is 0.166. The fraction of sp³-hybridized carbons (Fsp3) is 0.128. The van der Waals surface area contributed by atoms with E-state index >= 15 is 0 Å². The number of para-hydroxylation sites is 3. The average molecular weight is 607 g/mol. The zero-order valence-corrected chi connectivity index (χ0v) is 26.4. The number of hydrogen-bond acceptors (Lipinski definition) is 4. The van der Waals surface area contributed by atoms with Crippen molar-refractivity contribution in [2.75, 3.05) is 11.9 Å². The molecule has 222 valence electrons. The second-order valence-electron chi connectivity index (χ2n) is 11.4. The second-order valence-corrected chi connectivity index (χ2v) is 12.5. The highest BCUT2D eigenvalue weighted by molar-refractivity contribution is 7.99. The molecular weight excluding hydrogens is 573 g/mol. The lowest BCUT2D eigenvalue weighted by Crippen LogP contribution is -2.45. The Labute approximate surface area is 266 Å². The molecule has 0 radical (unpaired) electrons. The number of nitrogens with one attached hydrogen (secondary N) is 1. The standard InChI is InChI=1S/C14H13NO.C13H11NS.C12H10N2/c1-15-12-8-4-2-6-10(12)14(16)11-7-3-5-9-13(11)15;1-14-10-6-2-4-8-12(10)15-13-9-5-3-7-11(13)14;1-8-2-3-11-9(6-8)10-7-13-5-4-12(10)14-11/h2,4,6-9H,3,5H2,1H3;2-9H,1H3;2-7,14H,1H3. The Morgan fingerprint density at radius 1 is 0.733 bits per heavy atom. The highest BCUT2D eigenvalue weighted by Crippen LogP contribution is 2.46. The monoisotopic (exact) mass is 606 g/mol. The number of nitrogens with zero attached hydrogens (tertiary/aromatic N) is 3. The van der Waals surface area contributed by atoms with E-state index in [0.29, 0.717) is 0 Å². The zero-order valence-electron chi connectivity index (χ0n) is 25.6. The van der Waals surface area contributed by atoms with Crippen molar-refractivity contribution < 1.29 is 0 Å². The summed E-state index contributed by atoms with van der Waals surface area (Å²) in [6, 6.07) is 33.3. The van der Waals surface area contributed by atoms with Crippen LogP contribution in [0.3, 0.4) is 0 Å². The van der Waals surface area contributed by atoms with Crippen LogP contribution in [0.4, 0.5) is 11.4 Å². The second kappa shape index (κ2) is 12.1. The number of benzene rings is 4. The highest BCUT2D eigenvalue weighted by atomic mass is 32.2. The van der Waals surface area contributed by atoms with Gasteiger partial charge < -0.3 is 14.5 Å². The van der Waals surface area contributed by atoms with Crippen molar-refractivity contribution in [1.82, 2.24) is 14.5 Å². The Hall–Kier alpha value is -5.07. The van der Waals surface area contributed by atoms with Crippen molar-refractivity contribution in [2.45, 2.75) is 29.6 Å². The van der Waals surface area contributed by atoms with Gasteiger partial charge in [0.05, 0.1) is 16.9 Å². The Morgan fingerprint density at radius 2 is 1.40 bits per heavy atom. The van der Waals surface area contributed by atoms with Crippen LogP contribution in [0, 0.1) is 6.92 Å². The van der Waals surface area contributed by atoms with Crippen molar-refractivity contribution in [3.05, 3.63) is 136 Å². The van der Waals surface area contributed by atoms with Gasteiger partial charge in [-0.2, -0.15) is 0 Å². The molecule has 0 amide bonds. The maximum absolute atomic E-state index is 12.3. The fourth-order valence-electron chi connectivity index (χ4n) is 6.16. The van der Waals surface area contributed by atoms with E-state index < -0.39 is 0 Å². The Morgan fingerprint density at radius 3 is 2.18 bits per heavy atom. The number of anilines is 2. The van der Waals surface area contributed by atoms with E-state index in [4.69, 9.17) is 0 Å². The normalized spacial score (nSPS) is 12.9. The van der Waals surface area contributed by atoms with E-state index in [0.717, 1.165) is 39.8 Å². The molecule has 6 heteroatoms. The number of rotatable bonds is 0. The molecule has 0 saturated heterocycles. The summed E-state index contributed by atoms with van der Waals surface area (Å²) in [6.07, 6.45) is 9.94. The first-order valence-electron chi connectivity index (χ1n) is 15.2. The zero-order chi connectivity index (χ0) is 30.9. The first-order valence-corrected chi connectivity index (χ1v) is 16.0. The quantitative estimate of drug-likeness (QED) is 0.191. The summed E-state index contributed by atoms with van der Waals surface area (Å²) in [5.74, 6) is 0. The van der Waals surface area contributed by atoms with Gasteiger partial charge in [0, 0.05) is 74.0 Å². The molecule has 4 aromatic carbocycles. The van der Waals surface area contributed by atoms with E-state index in [1.165, 1.54) is 43.0 Å². The van der Waals surface area contributed by atoms with Crippen LogP contribution in [0.1, 0.15) is 18.4 Å². The number of pyridine rings is 2. The first kappa shape index (κ1) is 28.7. The van der Waals surface area contributed by atoms with Gasteiger partial charge in [-0.1, -0.05) is 71.9 Å². The number of aromatic nitrogens is 3. The van der Waals surface area contributed by atoms with E-state index in [9.17, 15) is 4.79 Å². The fourth-order valence-corrected chi connectivity index (χ4v) is 7.31. The molecule has 0 spiro atoms. The third-order valence-electron chi connectivity index (χ3n) is 8.47. The number of H-pyrrole nitrogens is 1. The third kappa shape index (κ3) is 5.42. The van der Waals surface area contributed by atoms with Gasteiger partial charge in [-0.15, -0.1) is 0 Å². The average Bonchev–Trinajstić information content (AvgIpc) is 3.46. The molecule has 0 bridgehead atoms. The molecule has 3 aromatic heterocycles. The number of aryl methyl sites for hydroxylation is 2. The van der Waals surface area contributed by atoms with Crippen LogP contribution in [-0.4, -0.2) is 21.6 Å². The minimum absolute atomic E-state index is 0.166. The summed E-state index contributed by atoms with van der Waals surface area (Å²) in [5.41, 5.74) is 7.38. The van der Waals surface area contributed by atoms with Crippen LogP contribution in [0.2, 0.25) is 0 Å². The molecule has 1 aliphatic carbocycles. The SMILES string of the molecule is CN1c2ccccc2Sc2ccccc21.Cc1ccc2[nH]c3ccncc3c2c1.Cn1c2c(c(=O)c3ccccc31)=CCCC=2. The smallest absolute Gasteiger partial charge is 0.196 e. The van der Waals surface area contributed by atoms with Gasteiger partial charge in [-0.25, -0.2) is 0 Å². The van der Waals surface area contributed by atoms with Crippen LogP contribution in [0.15, 0.2) is 124 Å². The summed E-state index contributed by atoms with van der Waals surface area (Å²) < 4.78 is 2.11. The van der Waals surface area contributed by atoms with Crippen molar-refractivity contribution in [3.8, 4) is 0 Å². The summed E-state index contributed by atoms with van der Waals surface area (Å²) in [4.78, 5) is 24.7. The molecule has 0 saturated carbocycles. The third-order valence-corrected chi connectivity index (χ3v) is 9.60. The molecule has 4 heterocycles. The van der Waals surface area contributed by atoms with Gasteiger partial charge in [0.1, 0.15) is 0 Å². The van der Waals surface area contributed by atoms with E-state index in [1.807, 2.05) is 61.5 Å². The van der Waals surface area contributed by atoms with Gasteiger partial charge in [0.2, 0.25) is 0 Å². The molecule has 7 aromatic rings. The molecule has 1 aliphatic heterocycles. The van der Waals surface area contributed by atoms with Crippen molar-refractivity contribution >= 4 is 68.0 Å². The molecule has 9 rings (SSSR count). The van der Waals surface area contributed by atoms with Gasteiger partial charge >= 0.3 is 0 Å². The number of fused-ring (bicyclic) bond motifs is 7. The summed E-state index contributed by atoms with van der Waals surface area (Å²) in [6.45, 7) is 2.11. The topological polar surface area (TPSA) is 53.9 Å². The predicted octanol–water partition coefficient (Wildman–Crippen LogP) is 7.84. The van der Waals surface area contributed by atoms with Crippen molar-refractivity contribution in [1.29, 1.82) is 0 Å². The van der Waals surface area contributed by atoms with Crippen LogP contribution in [-0.2, 0) is 7.05 Å². The Bertz CT molecular complexity index is 2340. The minimum Gasteiger partial charge on any atom is -0.354 e. The Kier molecular flexibility index (Phi) is 7.74. The van der Waals surface area contributed by atoms with Crippen molar-refractivity contribution in [2.24, 2.45) is 7.05 Å². The van der Waals surface area contributed by atoms with E-state index in [2.05, 4.69) is 112 Å². The highest BCUT2D eigenvalue weighted by Gasteiger charge is 2.19. The molecule has 0 fully saturated rings. The summed E-state index contributed by atoms with van der Waals surface area (Å²) in [7, 11) is 4.15. The predicted molar refractivity (Wildman–Crippen MR) is 190 cm³/mol. The van der Waals surface area contributed by atoms with Crippen LogP contribution >= 0.6 is 11.8 Å². The molecule has 45 heavy (non-hydrogen) atoms. The number of aromatic amines is 1. The van der Waals surface area contributed by atoms with Crippen molar-refractivity contribution in [3.63, 3.8) is 0 Å². The molecule has 0 unspecified atom stereocenters. The lowest BCUT2D eigenvalue weighted by molar-refractivity contribution is 0.882. The molecule has 0 atom stereocenters.